The molecule has 1 heterocycles. The summed E-state index contributed by atoms with van der Waals surface area (Å²) in [6, 6.07) is 13.6. The second-order valence-corrected chi connectivity index (χ2v) is 8.96. The largest absolute Gasteiger partial charge is 0.507 e. The highest BCUT2D eigenvalue weighted by Crippen LogP contribution is 2.40. The average Bonchev–Trinajstić information content (AvgIpc) is 3.03. The van der Waals surface area contributed by atoms with Gasteiger partial charge in [-0.3, -0.25) is 9.59 Å². The lowest BCUT2D eigenvalue weighted by Crippen LogP contribution is -2.30. The zero-order valence-corrected chi connectivity index (χ0v) is 20.0. The molecule has 1 aliphatic heterocycles. The number of nitrogens with zero attached hydrogens (tertiary/aromatic N) is 1. The van der Waals surface area contributed by atoms with Gasteiger partial charge in [-0.1, -0.05) is 45.0 Å². The van der Waals surface area contributed by atoms with Crippen molar-refractivity contribution >= 4 is 17.4 Å². The molecule has 6 nitrogen and oxygen atoms in total. The molecule has 0 aliphatic carbocycles. The molecule has 0 saturated carbocycles. The molecule has 2 aromatic carbocycles. The van der Waals surface area contributed by atoms with Gasteiger partial charge in [0.25, 0.3) is 11.7 Å². The molecule has 1 atom stereocenters. The van der Waals surface area contributed by atoms with E-state index in [1.165, 1.54) is 4.90 Å². The van der Waals surface area contributed by atoms with Crippen molar-refractivity contribution in [3.8, 4) is 11.5 Å². The number of Topliss-reactive ketones (excluding diaryl/α,β-unsaturated/α-hetero) is 1. The van der Waals surface area contributed by atoms with Crippen molar-refractivity contribution in [1.29, 1.82) is 0 Å². The van der Waals surface area contributed by atoms with E-state index in [1.54, 1.807) is 24.3 Å². The summed E-state index contributed by atoms with van der Waals surface area (Å²) in [5, 5.41) is 11.2. The van der Waals surface area contributed by atoms with E-state index in [2.05, 4.69) is 13.8 Å². The number of ether oxygens (including phenoxy) is 2. The maximum atomic E-state index is 13.0. The fourth-order valence-corrected chi connectivity index (χ4v) is 3.85. The fourth-order valence-electron chi connectivity index (χ4n) is 3.85. The molecule has 33 heavy (non-hydrogen) atoms. The number of likely N-dealkylation sites (tertiary alicyclic amines) is 1. The molecule has 0 spiro atoms. The van der Waals surface area contributed by atoms with Crippen LogP contribution < -0.4 is 9.47 Å². The molecular weight excluding hydrogens is 418 g/mol. The monoisotopic (exact) mass is 451 g/mol. The van der Waals surface area contributed by atoms with Gasteiger partial charge in [-0.2, -0.15) is 0 Å². The van der Waals surface area contributed by atoms with Crippen LogP contribution in [0.25, 0.3) is 5.76 Å². The molecule has 1 saturated heterocycles. The van der Waals surface area contributed by atoms with Crippen molar-refractivity contribution in [2.24, 2.45) is 5.92 Å². The van der Waals surface area contributed by atoms with Crippen LogP contribution >= 0.6 is 0 Å². The number of rotatable bonds is 9. The third-order valence-electron chi connectivity index (χ3n) is 5.26. The van der Waals surface area contributed by atoms with Crippen molar-refractivity contribution in [1.82, 2.24) is 4.90 Å². The van der Waals surface area contributed by atoms with Crippen molar-refractivity contribution in [3.05, 3.63) is 65.2 Å². The summed E-state index contributed by atoms with van der Waals surface area (Å²) in [4.78, 5) is 27.4. The molecule has 1 fully saturated rings. The van der Waals surface area contributed by atoms with E-state index in [1.807, 2.05) is 45.0 Å². The van der Waals surface area contributed by atoms with Crippen LogP contribution in [-0.4, -0.2) is 41.0 Å². The van der Waals surface area contributed by atoms with Crippen LogP contribution in [-0.2, 0) is 9.59 Å². The Hall–Kier alpha value is -3.28. The van der Waals surface area contributed by atoms with Crippen LogP contribution in [0, 0.1) is 5.92 Å². The number of aliphatic hydroxyl groups is 1. The predicted octanol–water partition coefficient (Wildman–Crippen LogP) is 5.34. The van der Waals surface area contributed by atoms with Crippen molar-refractivity contribution in [2.45, 2.75) is 53.2 Å². The number of aliphatic hydroxyl groups excluding tert-OH is 1. The lowest BCUT2D eigenvalue weighted by Gasteiger charge is -2.25. The van der Waals surface area contributed by atoms with Gasteiger partial charge < -0.3 is 19.5 Å². The van der Waals surface area contributed by atoms with Gasteiger partial charge in [0.1, 0.15) is 17.3 Å². The minimum Gasteiger partial charge on any atom is -0.507 e. The van der Waals surface area contributed by atoms with Gasteiger partial charge in [0.05, 0.1) is 24.3 Å². The lowest BCUT2D eigenvalue weighted by atomic mass is 9.95. The molecule has 1 unspecified atom stereocenters. The van der Waals surface area contributed by atoms with E-state index in [-0.39, 0.29) is 17.4 Å². The van der Waals surface area contributed by atoms with E-state index < -0.39 is 17.7 Å². The number of hydrogen-bond donors (Lipinski definition) is 1. The third-order valence-corrected chi connectivity index (χ3v) is 5.26. The van der Waals surface area contributed by atoms with E-state index in [9.17, 15) is 14.7 Å². The molecule has 0 aromatic heterocycles. The summed E-state index contributed by atoms with van der Waals surface area (Å²) in [5.41, 5.74) is 1.27. The number of carbonyl (C=O) groups is 2. The van der Waals surface area contributed by atoms with E-state index >= 15 is 0 Å². The average molecular weight is 452 g/mol. The molecule has 0 bridgehead atoms. The molecule has 1 N–H and O–H groups in total. The summed E-state index contributed by atoms with van der Waals surface area (Å²) in [6.07, 6.45) is 0.725. The lowest BCUT2D eigenvalue weighted by molar-refractivity contribution is -0.139. The van der Waals surface area contributed by atoms with Crippen LogP contribution in [0.1, 0.15) is 58.2 Å². The molecule has 6 heteroatoms. The maximum absolute atomic E-state index is 13.0. The van der Waals surface area contributed by atoms with E-state index in [4.69, 9.17) is 9.47 Å². The standard InChI is InChI=1S/C27H33NO5/c1-6-14-28-24(19-10-12-21(13-11-19)33-18(4)5)23(26(30)27(28)31)25(29)20-8-7-9-22(15-20)32-16-17(2)3/h7-13,15,17-18,24,29H,6,14,16H2,1-5H3/b25-23-. The predicted molar refractivity (Wildman–Crippen MR) is 128 cm³/mol. The summed E-state index contributed by atoms with van der Waals surface area (Å²) in [6.45, 7) is 10.9. The third kappa shape index (κ3) is 5.56. The van der Waals surface area contributed by atoms with Gasteiger partial charge in [-0.15, -0.1) is 0 Å². The van der Waals surface area contributed by atoms with E-state index in [0.717, 1.165) is 5.56 Å². The van der Waals surface area contributed by atoms with Gasteiger partial charge in [0.15, 0.2) is 0 Å². The van der Waals surface area contributed by atoms with Crippen LogP contribution in [0.4, 0.5) is 0 Å². The van der Waals surface area contributed by atoms with Crippen LogP contribution in [0.5, 0.6) is 11.5 Å². The SMILES string of the molecule is CCCN1C(=O)C(=O)/C(=C(\O)c2cccc(OCC(C)C)c2)C1c1ccc(OC(C)C)cc1. The Labute approximate surface area is 195 Å². The maximum Gasteiger partial charge on any atom is 0.295 e. The molecule has 3 rings (SSSR count). The number of ketones is 1. The highest BCUT2D eigenvalue weighted by Gasteiger charge is 2.45. The van der Waals surface area contributed by atoms with Gasteiger partial charge in [-0.05, 0) is 56.0 Å². The Kier molecular flexibility index (Phi) is 7.79. The smallest absolute Gasteiger partial charge is 0.295 e. The fraction of sp³-hybridized carbons (Fsp3) is 0.407. The first-order chi connectivity index (χ1) is 15.7. The Morgan fingerprint density at radius 2 is 1.73 bits per heavy atom. The van der Waals surface area contributed by atoms with E-state index in [0.29, 0.717) is 42.6 Å². The Balaban J connectivity index is 2.05. The Morgan fingerprint density at radius 1 is 1.03 bits per heavy atom. The van der Waals surface area contributed by atoms with Gasteiger partial charge in [-0.25, -0.2) is 0 Å². The van der Waals surface area contributed by atoms with Crippen molar-refractivity contribution in [3.63, 3.8) is 0 Å². The second kappa shape index (κ2) is 10.6. The molecule has 1 amide bonds. The molecule has 176 valence electrons. The number of amides is 1. The van der Waals surface area contributed by atoms with Crippen LogP contribution in [0.2, 0.25) is 0 Å². The van der Waals surface area contributed by atoms with Crippen molar-refractivity contribution in [2.75, 3.05) is 13.2 Å². The topological polar surface area (TPSA) is 76.1 Å². The normalized spacial score (nSPS) is 17.8. The zero-order valence-electron chi connectivity index (χ0n) is 20.0. The quantitative estimate of drug-likeness (QED) is 0.316. The summed E-state index contributed by atoms with van der Waals surface area (Å²) < 4.78 is 11.5. The van der Waals surface area contributed by atoms with Gasteiger partial charge in [0, 0.05) is 12.1 Å². The second-order valence-electron chi connectivity index (χ2n) is 8.96. The number of hydrogen-bond acceptors (Lipinski definition) is 5. The number of carbonyl (C=O) groups excluding carboxylic acids is 2. The van der Waals surface area contributed by atoms with Gasteiger partial charge in [0.2, 0.25) is 0 Å². The molecule has 2 aromatic rings. The first kappa shape index (κ1) is 24.4. The molecular formula is C27H33NO5. The number of benzene rings is 2. The summed E-state index contributed by atoms with van der Waals surface area (Å²) in [5.74, 6) is 0.178. The molecule has 1 aliphatic rings. The first-order valence-corrected chi connectivity index (χ1v) is 11.5. The van der Waals surface area contributed by atoms with Gasteiger partial charge >= 0.3 is 0 Å². The van der Waals surface area contributed by atoms with Crippen LogP contribution in [0.3, 0.4) is 0 Å². The van der Waals surface area contributed by atoms with Crippen molar-refractivity contribution < 1.29 is 24.2 Å². The Bertz CT molecular complexity index is 1020. The zero-order chi connectivity index (χ0) is 24.1. The minimum absolute atomic E-state index is 0.0340. The van der Waals surface area contributed by atoms with Crippen LogP contribution in [0.15, 0.2) is 54.1 Å². The summed E-state index contributed by atoms with van der Waals surface area (Å²) >= 11 is 0. The minimum atomic E-state index is -0.679. The first-order valence-electron chi connectivity index (χ1n) is 11.5. The molecule has 0 radical (unpaired) electrons. The summed E-state index contributed by atoms with van der Waals surface area (Å²) in [7, 11) is 0. The Morgan fingerprint density at radius 3 is 2.33 bits per heavy atom. The highest BCUT2D eigenvalue weighted by molar-refractivity contribution is 6.46. The highest BCUT2D eigenvalue weighted by atomic mass is 16.5.